The lowest BCUT2D eigenvalue weighted by Crippen LogP contribution is -2.38. The number of aryl methyl sites for hydroxylation is 1. The third-order valence-electron chi connectivity index (χ3n) is 3.82. The van der Waals surface area contributed by atoms with Gasteiger partial charge in [-0.1, -0.05) is 49.7 Å². The summed E-state index contributed by atoms with van der Waals surface area (Å²) in [6.07, 6.45) is 0. The normalized spacial score (nSPS) is 12.6. The molecule has 0 aliphatic heterocycles. The Morgan fingerprint density at radius 1 is 1.22 bits per heavy atom. The van der Waals surface area contributed by atoms with Crippen LogP contribution in [0.4, 0.5) is 0 Å². The molecule has 0 fully saturated rings. The Hall–Kier alpha value is -1.65. The maximum Gasteiger partial charge on any atom is 0.234 e. The molecule has 1 aromatic carbocycles. The zero-order valence-electron chi connectivity index (χ0n) is 14.4. The molecule has 1 heterocycles. The monoisotopic (exact) mass is 330 g/mol. The summed E-state index contributed by atoms with van der Waals surface area (Å²) in [7, 11) is 1.98. The standard InChI is InChI=1S/C19H26N2OS/c1-14(2)19(17-6-5-11-23-17)20-18(22)13-21(4)12-16-9-7-15(3)8-10-16/h5-11,14,19H,12-13H2,1-4H3,(H,20,22). The fourth-order valence-corrected chi connectivity index (χ4v) is 3.51. The van der Waals surface area contributed by atoms with Crippen molar-refractivity contribution in [2.45, 2.75) is 33.4 Å². The molecule has 0 bridgehead atoms. The van der Waals surface area contributed by atoms with Crippen LogP contribution < -0.4 is 5.32 Å². The number of likely N-dealkylation sites (N-methyl/N-ethyl adjacent to an activating group) is 1. The lowest BCUT2D eigenvalue weighted by Gasteiger charge is -2.23. The Morgan fingerprint density at radius 3 is 2.48 bits per heavy atom. The van der Waals surface area contributed by atoms with Gasteiger partial charge in [0.1, 0.15) is 0 Å². The van der Waals surface area contributed by atoms with Crippen molar-refractivity contribution in [3.63, 3.8) is 0 Å². The minimum Gasteiger partial charge on any atom is -0.347 e. The summed E-state index contributed by atoms with van der Waals surface area (Å²) in [5.41, 5.74) is 2.48. The van der Waals surface area contributed by atoms with E-state index in [0.29, 0.717) is 12.5 Å². The highest BCUT2D eigenvalue weighted by atomic mass is 32.1. The molecule has 1 unspecified atom stereocenters. The van der Waals surface area contributed by atoms with Crippen LogP contribution in [-0.2, 0) is 11.3 Å². The second kappa shape index (κ2) is 8.27. The molecule has 1 atom stereocenters. The maximum atomic E-state index is 12.4. The SMILES string of the molecule is Cc1ccc(CN(C)CC(=O)NC(c2cccs2)C(C)C)cc1. The van der Waals surface area contributed by atoms with E-state index in [1.165, 1.54) is 16.0 Å². The van der Waals surface area contributed by atoms with Gasteiger partial charge in [-0.2, -0.15) is 0 Å². The van der Waals surface area contributed by atoms with Crippen molar-refractivity contribution >= 4 is 17.2 Å². The first-order valence-electron chi connectivity index (χ1n) is 8.02. The van der Waals surface area contributed by atoms with Gasteiger partial charge < -0.3 is 5.32 Å². The Kier molecular flexibility index (Phi) is 6.37. The van der Waals surface area contributed by atoms with Crippen LogP contribution in [0.3, 0.4) is 0 Å². The molecule has 124 valence electrons. The van der Waals surface area contributed by atoms with Crippen LogP contribution in [-0.4, -0.2) is 24.4 Å². The van der Waals surface area contributed by atoms with Crippen LogP contribution in [0.2, 0.25) is 0 Å². The molecule has 23 heavy (non-hydrogen) atoms. The van der Waals surface area contributed by atoms with Gasteiger partial charge in [0.25, 0.3) is 0 Å². The summed E-state index contributed by atoms with van der Waals surface area (Å²) >= 11 is 1.70. The number of thiophene rings is 1. The third-order valence-corrected chi connectivity index (χ3v) is 4.77. The lowest BCUT2D eigenvalue weighted by molar-refractivity contribution is -0.123. The predicted octanol–water partition coefficient (Wildman–Crippen LogP) is 4.00. The number of amides is 1. The first kappa shape index (κ1) is 17.7. The Balaban J connectivity index is 1.88. The lowest BCUT2D eigenvalue weighted by atomic mass is 10.0. The smallest absolute Gasteiger partial charge is 0.234 e. The van der Waals surface area contributed by atoms with E-state index in [1.54, 1.807) is 11.3 Å². The summed E-state index contributed by atoms with van der Waals surface area (Å²) in [6, 6.07) is 12.7. The Bertz CT molecular complexity index is 605. The van der Waals surface area contributed by atoms with E-state index in [9.17, 15) is 4.79 Å². The highest BCUT2D eigenvalue weighted by molar-refractivity contribution is 7.10. The van der Waals surface area contributed by atoms with Crippen molar-refractivity contribution in [2.75, 3.05) is 13.6 Å². The first-order valence-corrected chi connectivity index (χ1v) is 8.90. The summed E-state index contributed by atoms with van der Waals surface area (Å²) in [6.45, 7) is 7.54. The number of carbonyl (C=O) groups is 1. The molecule has 2 aromatic rings. The number of benzene rings is 1. The summed E-state index contributed by atoms with van der Waals surface area (Å²) in [5.74, 6) is 0.451. The van der Waals surface area contributed by atoms with Gasteiger partial charge in [-0.25, -0.2) is 0 Å². The van der Waals surface area contributed by atoms with Gasteiger partial charge in [-0.3, -0.25) is 9.69 Å². The second-order valence-corrected chi connectivity index (χ2v) is 7.44. The quantitative estimate of drug-likeness (QED) is 0.832. The molecule has 0 aliphatic carbocycles. The van der Waals surface area contributed by atoms with E-state index in [2.05, 4.69) is 61.8 Å². The number of rotatable bonds is 7. The average molecular weight is 330 g/mol. The number of nitrogens with zero attached hydrogens (tertiary/aromatic N) is 1. The van der Waals surface area contributed by atoms with Crippen LogP contribution in [0, 0.1) is 12.8 Å². The van der Waals surface area contributed by atoms with Gasteiger partial charge >= 0.3 is 0 Å². The van der Waals surface area contributed by atoms with E-state index < -0.39 is 0 Å². The molecular formula is C19H26N2OS. The van der Waals surface area contributed by atoms with Gasteiger partial charge in [0.15, 0.2) is 0 Å². The molecular weight excluding hydrogens is 304 g/mol. The van der Waals surface area contributed by atoms with Crippen molar-refractivity contribution in [1.82, 2.24) is 10.2 Å². The van der Waals surface area contributed by atoms with Crippen LogP contribution >= 0.6 is 11.3 Å². The predicted molar refractivity (Wildman–Crippen MR) is 97.6 cm³/mol. The third kappa shape index (κ3) is 5.48. The summed E-state index contributed by atoms with van der Waals surface area (Å²) < 4.78 is 0. The molecule has 1 amide bonds. The molecule has 4 heteroatoms. The number of hydrogen-bond acceptors (Lipinski definition) is 3. The van der Waals surface area contributed by atoms with Crippen LogP contribution in [0.25, 0.3) is 0 Å². The van der Waals surface area contributed by atoms with Crippen LogP contribution in [0.1, 0.15) is 35.9 Å². The van der Waals surface area contributed by atoms with Gasteiger partial charge in [0.05, 0.1) is 12.6 Å². The highest BCUT2D eigenvalue weighted by Gasteiger charge is 2.19. The number of nitrogens with one attached hydrogen (secondary N) is 1. The minimum atomic E-state index is 0.0757. The molecule has 2 rings (SSSR count). The Labute approximate surface area is 143 Å². The molecule has 1 aromatic heterocycles. The van der Waals surface area contributed by atoms with E-state index >= 15 is 0 Å². The number of hydrogen-bond donors (Lipinski definition) is 1. The van der Waals surface area contributed by atoms with Crippen LogP contribution in [0.15, 0.2) is 41.8 Å². The van der Waals surface area contributed by atoms with Gasteiger partial charge in [0, 0.05) is 11.4 Å². The van der Waals surface area contributed by atoms with Crippen LogP contribution in [0.5, 0.6) is 0 Å². The van der Waals surface area contributed by atoms with Crippen molar-refractivity contribution in [2.24, 2.45) is 5.92 Å². The first-order chi connectivity index (χ1) is 11.0. The molecule has 1 N–H and O–H groups in total. The van der Waals surface area contributed by atoms with Gasteiger partial charge in [-0.05, 0) is 36.9 Å². The van der Waals surface area contributed by atoms with Crippen molar-refractivity contribution in [1.29, 1.82) is 0 Å². The fraction of sp³-hybridized carbons (Fsp3) is 0.421. The zero-order chi connectivity index (χ0) is 16.8. The number of carbonyl (C=O) groups excluding carboxylic acids is 1. The molecule has 0 saturated carbocycles. The van der Waals surface area contributed by atoms with E-state index in [-0.39, 0.29) is 11.9 Å². The van der Waals surface area contributed by atoms with E-state index in [1.807, 2.05) is 18.0 Å². The summed E-state index contributed by atoms with van der Waals surface area (Å²) in [5, 5.41) is 5.23. The van der Waals surface area contributed by atoms with Gasteiger partial charge in [0.2, 0.25) is 5.91 Å². The maximum absolute atomic E-state index is 12.4. The second-order valence-electron chi connectivity index (χ2n) is 6.46. The fourth-order valence-electron chi connectivity index (χ4n) is 2.56. The molecule has 3 nitrogen and oxygen atoms in total. The molecule has 0 aliphatic rings. The van der Waals surface area contributed by atoms with Gasteiger partial charge in [-0.15, -0.1) is 11.3 Å². The van der Waals surface area contributed by atoms with E-state index in [4.69, 9.17) is 0 Å². The largest absolute Gasteiger partial charge is 0.347 e. The summed E-state index contributed by atoms with van der Waals surface area (Å²) in [4.78, 5) is 15.6. The topological polar surface area (TPSA) is 32.3 Å². The minimum absolute atomic E-state index is 0.0757. The average Bonchev–Trinajstić information content (AvgIpc) is 3.00. The van der Waals surface area contributed by atoms with Crippen molar-refractivity contribution < 1.29 is 4.79 Å². The van der Waals surface area contributed by atoms with Crippen molar-refractivity contribution in [3.8, 4) is 0 Å². The molecule has 0 radical (unpaired) electrons. The highest BCUT2D eigenvalue weighted by Crippen LogP contribution is 2.25. The zero-order valence-corrected chi connectivity index (χ0v) is 15.2. The van der Waals surface area contributed by atoms with E-state index in [0.717, 1.165) is 6.54 Å². The van der Waals surface area contributed by atoms with Crippen molar-refractivity contribution in [3.05, 3.63) is 57.8 Å². The molecule has 0 saturated heterocycles. The molecule has 0 spiro atoms. The Morgan fingerprint density at radius 2 is 1.91 bits per heavy atom.